The van der Waals surface area contributed by atoms with E-state index in [4.69, 9.17) is 27.9 Å². The quantitative estimate of drug-likeness (QED) is 0.876. The number of benzene rings is 1. The molecule has 106 valence electrons. The van der Waals surface area contributed by atoms with E-state index >= 15 is 0 Å². The van der Waals surface area contributed by atoms with E-state index in [0.29, 0.717) is 22.4 Å². The van der Waals surface area contributed by atoms with E-state index in [2.05, 4.69) is 11.8 Å². The lowest BCUT2D eigenvalue weighted by molar-refractivity contribution is -0.105. The van der Waals surface area contributed by atoms with Crippen LogP contribution in [0, 0.1) is 0 Å². The maximum absolute atomic E-state index is 10.1. The van der Waals surface area contributed by atoms with Crippen molar-refractivity contribution in [1.29, 1.82) is 0 Å². The minimum absolute atomic E-state index is 0.489. The van der Waals surface area contributed by atoms with Gasteiger partial charge in [-0.2, -0.15) is 0 Å². The van der Waals surface area contributed by atoms with Crippen LogP contribution in [0.3, 0.4) is 0 Å². The number of β-amino-alcohol motifs (C(OH)–C–C–N with tert-alkyl or cyclic N) is 1. The summed E-state index contributed by atoms with van der Waals surface area (Å²) in [6.45, 7) is 4.82. The van der Waals surface area contributed by atoms with Crippen molar-refractivity contribution in [1.82, 2.24) is 4.90 Å². The van der Waals surface area contributed by atoms with Gasteiger partial charge in [-0.3, -0.25) is 4.90 Å². The Morgan fingerprint density at radius 2 is 1.95 bits per heavy atom. The summed E-state index contributed by atoms with van der Waals surface area (Å²) >= 11 is 12.0. The molecule has 0 aliphatic carbocycles. The van der Waals surface area contributed by atoms with E-state index in [-0.39, 0.29) is 0 Å². The van der Waals surface area contributed by atoms with Crippen molar-refractivity contribution < 1.29 is 9.84 Å². The SMILES string of the molecule is CCCC1(O)CN(CCOc2c(Cl)cccc2Cl)C1. The molecule has 0 saturated carbocycles. The molecule has 1 N–H and O–H groups in total. The van der Waals surface area contributed by atoms with Crippen LogP contribution in [0.5, 0.6) is 5.75 Å². The standard InChI is InChI=1S/C14H19Cl2NO2/c1-2-6-14(18)9-17(10-14)7-8-19-13-11(15)4-3-5-12(13)16/h3-5,18H,2,6-10H2,1H3. The third-order valence-electron chi connectivity index (χ3n) is 3.32. The van der Waals surface area contributed by atoms with Crippen LogP contribution < -0.4 is 4.74 Å². The van der Waals surface area contributed by atoms with Crippen molar-refractivity contribution >= 4 is 23.2 Å². The highest BCUT2D eigenvalue weighted by Gasteiger charge is 2.39. The van der Waals surface area contributed by atoms with Gasteiger partial charge in [-0.15, -0.1) is 0 Å². The number of nitrogens with zero attached hydrogens (tertiary/aromatic N) is 1. The number of likely N-dealkylation sites (tertiary alicyclic amines) is 1. The van der Waals surface area contributed by atoms with Gasteiger partial charge in [0.15, 0.2) is 5.75 Å². The van der Waals surface area contributed by atoms with Crippen molar-refractivity contribution in [3.8, 4) is 5.75 Å². The first-order valence-corrected chi connectivity index (χ1v) is 7.31. The maximum atomic E-state index is 10.1. The number of rotatable bonds is 6. The molecule has 1 saturated heterocycles. The Morgan fingerprint density at radius 1 is 1.32 bits per heavy atom. The monoisotopic (exact) mass is 303 g/mol. The fourth-order valence-electron chi connectivity index (χ4n) is 2.46. The van der Waals surface area contributed by atoms with Crippen LogP contribution in [-0.4, -0.2) is 41.8 Å². The third-order valence-corrected chi connectivity index (χ3v) is 3.92. The van der Waals surface area contributed by atoms with E-state index in [9.17, 15) is 5.11 Å². The van der Waals surface area contributed by atoms with Crippen molar-refractivity contribution in [2.75, 3.05) is 26.2 Å². The van der Waals surface area contributed by atoms with Gasteiger partial charge in [-0.05, 0) is 18.6 Å². The minimum Gasteiger partial charge on any atom is -0.489 e. The first-order chi connectivity index (χ1) is 9.04. The Hall–Kier alpha value is -0.480. The Morgan fingerprint density at radius 3 is 2.53 bits per heavy atom. The Bertz CT molecular complexity index is 413. The molecule has 0 unspecified atom stereocenters. The molecule has 0 spiro atoms. The Kier molecular flexibility index (Phi) is 4.96. The first kappa shape index (κ1) is 14.9. The van der Waals surface area contributed by atoms with Gasteiger partial charge < -0.3 is 9.84 Å². The van der Waals surface area contributed by atoms with Crippen LogP contribution in [0.15, 0.2) is 18.2 Å². The summed E-state index contributed by atoms with van der Waals surface area (Å²) in [5.41, 5.74) is -0.489. The molecule has 0 radical (unpaired) electrons. The van der Waals surface area contributed by atoms with Gasteiger partial charge in [-0.25, -0.2) is 0 Å². The molecular weight excluding hydrogens is 285 g/mol. The van der Waals surface area contributed by atoms with Crippen LogP contribution in [-0.2, 0) is 0 Å². The lowest BCUT2D eigenvalue weighted by Crippen LogP contribution is -2.62. The first-order valence-electron chi connectivity index (χ1n) is 6.55. The summed E-state index contributed by atoms with van der Waals surface area (Å²) in [6, 6.07) is 5.30. The highest BCUT2D eigenvalue weighted by molar-refractivity contribution is 6.37. The third kappa shape index (κ3) is 3.76. The van der Waals surface area contributed by atoms with E-state index < -0.39 is 5.60 Å². The molecule has 1 aromatic carbocycles. The molecule has 0 atom stereocenters. The largest absolute Gasteiger partial charge is 0.489 e. The van der Waals surface area contributed by atoms with Crippen LogP contribution in [0.1, 0.15) is 19.8 Å². The van der Waals surface area contributed by atoms with E-state index in [1.165, 1.54) is 0 Å². The van der Waals surface area contributed by atoms with Gasteiger partial charge in [0.2, 0.25) is 0 Å². The zero-order valence-electron chi connectivity index (χ0n) is 11.0. The number of para-hydroxylation sites is 1. The van der Waals surface area contributed by atoms with Crippen LogP contribution in [0.25, 0.3) is 0 Å². The van der Waals surface area contributed by atoms with Gasteiger partial charge >= 0.3 is 0 Å². The highest BCUT2D eigenvalue weighted by Crippen LogP contribution is 2.32. The van der Waals surface area contributed by atoms with Gasteiger partial charge in [0, 0.05) is 19.6 Å². The molecule has 2 rings (SSSR count). The maximum Gasteiger partial charge on any atom is 0.156 e. The molecule has 0 amide bonds. The lowest BCUT2D eigenvalue weighted by Gasteiger charge is -2.46. The smallest absolute Gasteiger partial charge is 0.156 e. The average Bonchev–Trinajstić information content (AvgIpc) is 2.31. The van der Waals surface area contributed by atoms with Crippen molar-refractivity contribution in [3.05, 3.63) is 28.2 Å². The molecule has 1 aliphatic heterocycles. The number of aliphatic hydroxyl groups is 1. The molecule has 0 bridgehead atoms. The second-order valence-corrected chi connectivity index (χ2v) is 5.90. The molecule has 1 aromatic rings. The van der Waals surface area contributed by atoms with Gasteiger partial charge in [0.25, 0.3) is 0 Å². The van der Waals surface area contributed by atoms with Crippen molar-refractivity contribution in [2.24, 2.45) is 0 Å². The molecule has 5 heteroatoms. The Labute approximate surface area is 124 Å². The summed E-state index contributed by atoms with van der Waals surface area (Å²) in [7, 11) is 0. The number of halogens is 2. The lowest BCUT2D eigenvalue weighted by atomic mass is 9.89. The van der Waals surface area contributed by atoms with Gasteiger partial charge in [0.05, 0.1) is 15.6 Å². The average molecular weight is 304 g/mol. The molecule has 0 aromatic heterocycles. The fraction of sp³-hybridized carbons (Fsp3) is 0.571. The molecule has 1 aliphatic rings. The summed E-state index contributed by atoms with van der Waals surface area (Å²) in [5.74, 6) is 0.537. The molecule has 3 nitrogen and oxygen atoms in total. The summed E-state index contributed by atoms with van der Waals surface area (Å²) < 4.78 is 5.61. The van der Waals surface area contributed by atoms with E-state index in [1.54, 1.807) is 18.2 Å². The van der Waals surface area contributed by atoms with Gasteiger partial charge in [0.1, 0.15) is 6.61 Å². The van der Waals surface area contributed by atoms with Crippen molar-refractivity contribution in [3.63, 3.8) is 0 Å². The number of hydrogen-bond acceptors (Lipinski definition) is 3. The van der Waals surface area contributed by atoms with Crippen LogP contribution in [0.4, 0.5) is 0 Å². The van der Waals surface area contributed by atoms with Crippen LogP contribution >= 0.6 is 23.2 Å². The van der Waals surface area contributed by atoms with Crippen molar-refractivity contribution in [2.45, 2.75) is 25.4 Å². The van der Waals surface area contributed by atoms with E-state index in [0.717, 1.165) is 32.5 Å². The fourth-order valence-corrected chi connectivity index (χ4v) is 2.97. The highest BCUT2D eigenvalue weighted by atomic mass is 35.5. The summed E-state index contributed by atoms with van der Waals surface area (Å²) in [5, 5.41) is 11.1. The molecule has 1 heterocycles. The van der Waals surface area contributed by atoms with Gasteiger partial charge in [-0.1, -0.05) is 42.6 Å². The van der Waals surface area contributed by atoms with E-state index in [1.807, 2.05) is 0 Å². The summed E-state index contributed by atoms with van der Waals surface area (Å²) in [4.78, 5) is 2.17. The zero-order chi connectivity index (χ0) is 13.9. The Balaban J connectivity index is 1.74. The second kappa shape index (κ2) is 6.31. The molecular formula is C14H19Cl2NO2. The second-order valence-electron chi connectivity index (χ2n) is 5.08. The van der Waals surface area contributed by atoms with Crippen LogP contribution in [0.2, 0.25) is 10.0 Å². The molecule has 1 fully saturated rings. The molecule has 19 heavy (non-hydrogen) atoms. The minimum atomic E-state index is -0.489. The predicted molar refractivity (Wildman–Crippen MR) is 78.3 cm³/mol. The summed E-state index contributed by atoms with van der Waals surface area (Å²) in [6.07, 6.45) is 1.87. The zero-order valence-corrected chi connectivity index (χ0v) is 12.5. The predicted octanol–water partition coefficient (Wildman–Crippen LogP) is 3.22. The number of hydrogen-bond donors (Lipinski definition) is 1. The topological polar surface area (TPSA) is 32.7 Å². The normalized spacial score (nSPS) is 18.1. The number of ether oxygens (including phenoxy) is 1.